The molecule has 2 aromatic carbocycles. The van der Waals surface area contributed by atoms with Crippen LogP contribution in [-0.2, 0) is 17.6 Å². The molecule has 3 aromatic rings. The third kappa shape index (κ3) is 4.02. The van der Waals surface area contributed by atoms with Gasteiger partial charge in [0.2, 0.25) is 5.91 Å². The quantitative estimate of drug-likeness (QED) is 0.671. The molecule has 0 unspecified atom stereocenters. The number of aromatic nitrogens is 2. The Labute approximate surface area is 154 Å². The van der Waals surface area contributed by atoms with E-state index >= 15 is 0 Å². The highest BCUT2D eigenvalue weighted by atomic mass is 16.1. The zero-order chi connectivity index (χ0) is 18.5. The van der Waals surface area contributed by atoms with E-state index in [0.717, 1.165) is 46.6 Å². The van der Waals surface area contributed by atoms with E-state index in [9.17, 15) is 4.79 Å². The lowest BCUT2D eigenvalue weighted by atomic mass is 10.0. The SMILES string of the molecule is CCCc1[nH]nc(-c2ccc(C)cc2C)c1NC(=O)Cc1ccccc1. The van der Waals surface area contributed by atoms with Crippen molar-refractivity contribution in [2.45, 2.75) is 40.0 Å². The van der Waals surface area contributed by atoms with E-state index < -0.39 is 0 Å². The lowest BCUT2D eigenvalue weighted by Gasteiger charge is -2.10. The third-order valence-electron chi connectivity index (χ3n) is 4.45. The van der Waals surface area contributed by atoms with Crippen LogP contribution in [0.2, 0.25) is 0 Å². The molecule has 0 fully saturated rings. The Morgan fingerprint density at radius 2 is 1.88 bits per heavy atom. The number of hydrogen-bond acceptors (Lipinski definition) is 2. The maximum absolute atomic E-state index is 12.6. The molecule has 3 rings (SSSR count). The van der Waals surface area contributed by atoms with Crippen LogP contribution in [0.1, 0.15) is 35.7 Å². The maximum atomic E-state index is 12.6. The molecule has 4 nitrogen and oxygen atoms in total. The Balaban J connectivity index is 1.91. The fraction of sp³-hybridized carbons (Fsp3) is 0.273. The van der Waals surface area contributed by atoms with Gasteiger partial charge in [0, 0.05) is 5.56 Å². The van der Waals surface area contributed by atoms with Crippen molar-refractivity contribution in [1.82, 2.24) is 10.2 Å². The van der Waals surface area contributed by atoms with Crippen LogP contribution in [0.4, 0.5) is 5.69 Å². The van der Waals surface area contributed by atoms with Gasteiger partial charge < -0.3 is 5.32 Å². The molecule has 1 heterocycles. The molecular formula is C22H25N3O. The number of amides is 1. The second-order valence-electron chi connectivity index (χ2n) is 6.70. The minimum Gasteiger partial charge on any atom is -0.322 e. The van der Waals surface area contributed by atoms with Crippen molar-refractivity contribution in [3.8, 4) is 11.3 Å². The van der Waals surface area contributed by atoms with E-state index in [1.54, 1.807) is 0 Å². The van der Waals surface area contributed by atoms with E-state index in [-0.39, 0.29) is 5.91 Å². The highest BCUT2D eigenvalue weighted by molar-refractivity contribution is 5.97. The first kappa shape index (κ1) is 17.9. The number of nitrogens with one attached hydrogen (secondary N) is 2. The summed E-state index contributed by atoms with van der Waals surface area (Å²) in [7, 11) is 0. The number of nitrogens with zero attached hydrogens (tertiary/aromatic N) is 1. The molecule has 0 saturated heterocycles. The summed E-state index contributed by atoms with van der Waals surface area (Å²) in [6, 6.07) is 16.1. The summed E-state index contributed by atoms with van der Waals surface area (Å²) >= 11 is 0. The van der Waals surface area contributed by atoms with E-state index in [4.69, 9.17) is 0 Å². The number of benzene rings is 2. The average molecular weight is 347 g/mol. The Morgan fingerprint density at radius 1 is 1.12 bits per heavy atom. The minimum absolute atomic E-state index is 0.0269. The minimum atomic E-state index is -0.0269. The van der Waals surface area contributed by atoms with Crippen molar-refractivity contribution in [3.05, 3.63) is 70.9 Å². The van der Waals surface area contributed by atoms with Crippen LogP contribution in [0.5, 0.6) is 0 Å². The van der Waals surface area contributed by atoms with E-state index in [2.05, 4.69) is 54.5 Å². The van der Waals surface area contributed by atoms with Gasteiger partial charge in [-0.25, -0.2) is 0 Å². The second kappa shape index (κ2) is 8.00. The van der Waals surface area contributed by atoms with Crippen LogP contribution in [0.25, 0.3) is 11.3 Å². The molecule has 0 radical (unpaired) electrons. The first-order valence-corrected chi connectivity index (χ1v) is 9.07. The monoisotopic (exact) mass is 347 g/mol. The van der Waals surface area contributed by atoms with Gasteiger partial charge in [0.05, 0.1) is 17.8 Å². The Kier molecular flexibility index (Phi) is 5.52. The molecule has 0 saturated carbocycles. The zero-order valence-corrected chi connectivity index (χ0v) is 15.6. The lowest BCUT2D eigenvalue weighted by molar-refractivity contribution is -0.115. The summed E-state index contributed by atoms with van der Waals surface area (Å²) < 4.78 is 0. The summed E-state index contributed by atoms with van der Waals surface area (Å²) in [5.41, 5.74) is 7.00. The summed E-state index contributed by atoms with van der Waals surface area (Å²) in [4.78, 5) is 12.6. The van der Waals surface area contributed by atoms with Gasteiger partial charge in [-0.05, 0) is 31.4 Å². The molecule has 0 aliphatic heterocycles. The van der Waals surface area contributed by atoms with Crippen molar-refractivity contribution in [1.29, 1.82) is 0 Å². The molecule has 0 bridgehead atoms. The van der Waals surface area contributed by atoms with Crippen molar-refractivity contribution in [2.24, 2.45) is 0 Å². The number of carbonyl (C=O) groups excluding carboxylic acids is 1. The van der Waals surface area contributed by atoms with Gasteiger partial charge in [-0.3, -0.25) is 9.89 Å². The lowest BCUT2D eigenvalue weighted by Crippen LogP contribution is -2.15. The molecule has 0 spiro atoms. The largest absolute Gasteiger partial charge is 0.322 e. The predicted octanol–water partition coefficient (Wildman–Crippen LogP) is 4.83. The zero-order valence-electron chi connectivity index (χ0n) is 15.6. The number of carbonyl (C=O) groups is 1. The number of aromatic amines is 1. The molecule has 0 aliphatic carbocycles. The Bertz CT molecular complexity index is 897. The van der Waals surface area contributed by atoms with Crippen molar-refractivity contribution in [3.63, 3.8) is 0 Å². The van der Waals surface area contributed by atoms with E-state index in [0.29, 0.717) is 6.42 Å². The van der Waals surface area contributed by atoms with Gasteiger partial charge in [-0.2, -0.15) is 5.10 Å². The van der Waals surface area contributed by atoms with Crippen LogP contribution in [0.15, 0.2) is 48.5 Å². The first-order valence-electron chi connectivity index (χ1n) is 9.07. The van der Waals surface area contributed by atoms with Gasteiger partial charge in [0.25, 0.3) is 0 Å². The fourth-order valence-electron chi connectivity index (χ4n) is 3.18. The van der Waals surface area contributed by atoms with Crippen molar-refractivity contribution >= 4 is 11.6 Å². The molecule has 0 atom stereocenters. The van der Waals surface area contributed by atoms with Crippen molar-refractivity contribution < 1.29 is 4.79 Å². The molecule has 0 aliphatic rings. The summed E-state index contributed by atoms with van der Waals surface area (Å²) in [6.07, 6.45) is 2.18. The normalized spacial score (nSPS) is 10.7. The molecular weight excluding hydrogens is 322 g/mol. The summed E-state index contributed by atoms with van der Waals surface area (Å²) in [6.45, 7) is 6.27. The molecule has 26 heavy (non-hydrogen) atoms. The Morgan fingerprint density at radius 3 is 2.58 bits per heavy atom. The van der Waals surface area contributed by atoms with Gasteiger partial charge in [-0.15, -0.1) is 0 Å². The highest BCUT2D eigenvalue weighted by Crippen LogP contribution is 2.32. The number of rotatable bonds is 6. The van der Waals surface area contributed by atoms with Crippen LogP contribution in [0, 0.1) is 13.8 Å². The van der Waals surface area contributed by atoms with E-state index in [1.807, 2.05) is 30.3 Å². The van der Waals surface area contributed by atoms with Crippen LogP contribution in [0.3, 0.4) is 0 Å². The third-order valence-corrected chi connectivity index (χ3v) is 4.45. The fourth-order valence-corrected chi connectivity index (χ4v) is 3.18. The van der Waals surface area contributed by atoms with Crippen LogP contribution >= 0.6 is 0 Å². The average Bonchev–Trinajstić information content (AvgIpc) is 2.98. The number of anilines is 1. The number of hydrogen-bond donors (Lipinski definition) is 2. The standard InChI is InChI=1S/C22H25N3O/c1-4-8-19-22(23-20(26)14-17-9-6-5-7-10-17)21(25-24-19)18-12-11-15(2)13-16(18)3/h5-7,9-13H,4,8,14H2,1-3H3,(H,23,26)(H,24,25). The predicted molar refractivity (Wildman–Crippen MR) is 106 cm³/mol. The van der Waals surface area contributed by atoms with E-state index in [1.165, 1.54) is 5.56 Å². The van der Waals surface area contributed by atoms with Crippen LogP contribution < -0.4 is 5.32 Å². The molecule has 2 N–H and O–H groups in total. The number of aryl methyl sites for hydroxylation is 3. The van der Waals surface area contributed by atoms with Crippen molar-refractivity contribution in [2.75, 3.05) is 5.32 Å². The second-order valence-corrected chi connectivity index (χ2v) is 6.70. The summed E-state index contributed by atoms with van der Waals surface area (Å²) in [5.74, 6) is -0.0269. The molecule has 134 valence electrons. The van der Waals surface area contributed by atoms with Crippen LogP contribution in [-0.4, -0.2) is 16.1 Å². The van der Waals surface area contributed by atoms with Gasteiger partial charge in [-0.1, -0.05) is 67.4 Å². The Hall–Kier alpha value is -2.88. The molecule has 4 heteroatoms. The summed E-state index contributed by atoms with van der Waals surface area (Å²) in [5, 5.41) is 10.7. The van der Waals surface area contributed by atoms with Gasteiger partial charge >= 0.3 is 0 Å². The topological polar surface area (TPSA) is 57.8 Å². The smallest absolute Gasteiger partial charge is 0.228 e. The van der Waals surface area contributed by atoms with Gasteiger partial charge in [0.1, 0.15) is 5.69 Å². The number of H-pyrrole nitrogens is 1. The molecule has 1 amide bonds. The first-order chi connectivity index (χ1) is 12.6. The molecule has 1 aromatic heterocycles. The highest BCUT2D eigenvalue weighted by Gasteiger charge is 2.18. The maximum Gasteiger partial charge on any atom is 0.228 e. The van der Waals surface area contributed by atoms with Gasteiger partial charge in [0.15, 0.2) is 0 Å².